The molecule has 3 aromatic rings. The summed E-state index contributed by atoms with van der Waals surface area (Å²) in [4.78, 5) is 27.3. The highest BCUT2D eigenvalue weighted by atomic mass is 16.5. The Kier molecular flexibility index (Phi) is 6.89. The molecule has 7 heteroatoms. The molecule has 0 aliphatic carbocycles. The number of rotatable bonds is 6. The predicted molar refractivity (Wildman–Crippen MR) is 138 cm³/mol. The lowest BCUT2D eigenvalue weighted by Gasteiger charge is -2.30. The molecule has 0 fully saturated rings. The van der Waals surface area contributed by atoms with Crippen molar-refractivity contribution in [3.63, 3.8) is 0 Å². The number of amides is 2. The van der Waals surface area contributed by atoms with E-state index in [1.807, 2.05) is 74.6 Å². The number of nitrogens with zero attached hydrogens (tertiary/aromatic N) is 4. The fraction of sp³-hybridized carbons (Fsp3) is 0.241. The molecule has 4 rings (SSSR count). The molecule has 2 amide bonds. The van der Waals surface area contributed by atoms with Crippen LogP contribution < -0.4 is 4.74 Å². The minimum absolute atomic E-state index is 0.0243. The van der Waals surface area contributed by atoms with Crippen LogP contribution in [0.15, 0.2) is 71.4 Å². The second-order valence-corrected chi connectivity index (χ2v) is 8.87. The van der Waals surface area contributed by atoms with Gasteiger partial charge in [-0.05, 0) is 82.2 Å². The van der Waals surface area contributed by atoms with Gasteiger partial charge in [-0.1, -0.05) is 18.2 Å². The van der Waals surface area contributed by atoms with E-state index in [4.69, 9.17) is 9.84 Å². The van der Waals surface area contributed by atoms with Crippen LogP contribution >= 0.6 is 0 Å². The third-order valence-corrected chi connectivity index (χ3v) is 6.12. The number of aromatic nitrogens is 2. The summed E-state index contributed by atoms with van der Waals surface area (Å²) < 4.78 is 7.41. The maximum atomic E-state index is 13.4. The Morgan fingerprint density at radius 3 is 2.42 bits per heavy atom. The lowest BCUT2D eigenvalue weighted by atomic mass is 9.92. The number of ether oxygens (including phenoxy) is 1. The number of nitriles is 1. The molecule has 0 radical (unpaired) electrons. The summed E-state index contributed by atoms with van der Waals surface area (Å²) in [5, 5.41) is 14.5. The highest BCUT2D eigenvalue weighted by Gasteiger charge is 2.37. The van der Waals surface area contributed by atoms with Gasteiger partial charge < -0.3 is 4.74 Å². The molecule has 2 heterocycles. The summed E-state index contributed by atoms with van der Waals surface area (Å²) in [5.41, 5.74) is 4.75. The molecule has 0 N–H and O–H groups in total. The topological polar surface area (TPSA) is 88.2 Å². The zero-order valence-electron chi connectivity index (χ0n) is 21.1. The van der Waals surface area contributed by atoms with E-state index >= 15 is 0 Å². The second-order valence-electron chi connectivity index (χ2n) is 8.87. The zero-order valence-corrected chi connectivity index (χ0v) is 21.1. The SMILES string of the molecule is CCOc1ccc(-c2nn(-c3ccccc3)cc2/C=C2/C(=O)N(C(C)C)C(=O)C(C#N)=C2C)c(C)c1. The van der Waals surface area contributed by atoms with Gasteiger partial charge in [0.25, 0.3) is 11.8 Å². The molecule has 1 aliphatic rings. The normalized spacial score (nSPS) is 15.1. The van der Waals surface area contributed by atoms with Crippen molar-refractivity contribution < 1.29 is 14.3 Å². The largest absolute Gasteiger partial charge is 0.494 e. The van der Waals surface area contributed by atoms with E-state index in [1.54, 1.807) is 31.5 Å². The lowest BCUT2D eigenvalue weighted by molar-refractivity contribution is -0.142. The first-order valence-corrected chi connectivity index (χ1v) is 11.9. The number of hydrogen-bond acceptors (Lipinski definition) is 5. The van der Waals surface area contributed by atoms with E-state index in [9.17, 15) is 14.9 Å². The Bertz CT molecular complexity index is 1440. The number of aryl methyl sites for hydroxylation is 1. The van der Waals surface area contributed by atoms with E-state index in [-0.39, 0.29) is 11.6 Å². The molecule has 2 aromatic carbocycles. The number of carbonyl (C=O) groups excluding carboxylic acids is 2. The van der Waals surface area contributed by atoms with E-state index in [1.165, 1.54) is 0 Å². The lowest BCUT2D eigenvalue weighted by Crippen LogP contribution is -2.46. The molecule has 0 unspecified atom stereocenters. The summed E-state index contributed by atoms with van der Waals surface area (Å²) in [7, 11) is 0. The van der Waals surface area contributed by atoms with E-state index in [0.29, 0.717) is 29.0 Å². The monoisotopic (exact) mass is 480 g/mol. The first-order valence-electron chi connectivity index (χ1n) is 11.9. The number of para-hydroxylation sites is 1. The first-order chi connectivity index (χ1) is 17.3. The quantitative estimate of drug-likeness (QED) is 0.355. The zero-order chi connectivity index (χ0) is 26.0. The Hall–Kier alpha value is -4.44. The smallest absolute Gasteiger partial charge is 0.271 e. The molecule has 1 aromatic heterocycles. The molecule has 182 valence electrons. The minimum atomic E-state index is -0.560. The van der Waals surface area contributed by atoms with Gasteiger partial charge in [-0.3, -0.25) is 14.5 Å². The van der Waals surface area contributed by atoms with Crippen molar-refractivity contribution in [1.82, 2.24) is 14.7 Å². The number of imide groups is 1. The third kappa shape index (κ3) is 4.46. The fourth-order valence-electron chi connectivity index (χ4n) is 4.30. The maximum absolute atomic E-state index is 13.4. The number of carbonyl (C=O) groups is 2. The van der Waals surface area contributed by atoms with Crippen molar-refractivity contribution in [1.29, 1.82) is 5.26 Å². The van der Waals surface area contributed by atoms with Gasteiger partial charge in [-0.15, -0.1) is 0 Å². The van der Waals surface area contributed by atoms with Crippen LogP contribution in [0.4, 0.5) is 0 Å². The van der Waals surface area contributed by atoms with Crippen LogP contribution in [0.3, 0.4) is 0 Å². The van der Waals surface area contributed by atoms with Crippen molar-refractivity contribution in [3.05, 3.63) is 82.6 Å². The third-order valence-electron chi connectivity index (χ3n) is 6.12. The van der Waals surface area contributed by atoms with E-state index in [0.717, 1.165) is 27.5 Å². The Balaban J connectivity index is 1.94. The molecule has 1 aliphatic heterocycles. The molecule has 36 heavy (non-hydrogen) atoms. The van der Waals surface area contributed by atoms with Gasteiger partial charge in [0.1, 0.15) is 23.1 Å². The average Bonchev–Trinajstić information content (AvgIpc) is 3.26. The van der Waals surface area contributed by atoms with Gasteiger partial charge >= 0.3 is 0 Å². The number of hydrogen-bond donors (Lipinski definition) is 0. The Morgan fingerprint density at radius 1 is 1.08 bits per heavy atom. The summed E-state index contributed by atoms with van der Waals surface area (Å²) >= 11 is 0. The Labute approximate surface area is 210 Å². The fourth-order valence-corrected chi connectivity index (χ4v) is 4.30. The summed E-state index contributed by atoms with van der Waals surface area (Å²) in [6.07, 6.45) is 3.59. The van der Waals surface area contributed by atoms with Crippen LogP contribution in [0.2, 0.25) is 0 Å². The molecule has 0 saturated carbocycles. The van der Waals surface area contributed by atoms with Crippen molar-refractivity contribution >= 4 is 17.9 Å². The van der Waals surface area contributed by atoms with E-state index in [2.05, 4.69) is 0 Å². The molecule has 0 bridgehead atoms. The molecular formula is C29H28N4O3. The van der Waals surface area contributed by atoms with Gasteiger partial charge in [-0.2, -0.15) is 10.4 Å². The molecule has 0 saturated heterocycles. The van der Waals surface area contributed by atoms with Crippen LogP contribution in [0.5, 0.6) is 5.75 Å². The van der Waals surface area contributed by atoms with E-state index < -0.39 is 11.8 Å². The minimum Gasteiger partial charge on any atom is -0.494 e. The average molecular weight is 481 g/mol. The first kappa shape index (κ1) is 24.7. The molecular weight excluding hydrogens is 452 g/mol. The summed E-state index contributed by atoms with van der Waals surface area (Å²) in [5.74, 6) is -0.213. The molecule has 7 nitrogen and oxygen atoms in total. The van der Waals surface area contributed by atoms with Gasteiger partial charge in [-0.25, -0.2) is 4.68 Å². The van der Waals surface area contributed by atoms with Crippen LogP contribution in [-0.4, -0.2) is 39.1 Å². The molecule has 0 atom stereocenters. The maximum Gasteiger partial charge on any atom is 0.271 e. The van der Waals surface area contributed by atoms with Crippen molar-refractivity contribution in [2.75, 3.05) is 6.61 Å². The highest BCUT2D eigenvalue weighted by molar-refractivity contribution is 6.20. The van der Waals surface area contributed by atoms with Gasteiger partial charge in [0.15, 0.2) is 0 Å². The van der Waals surface area contributed by atoms with Gasteiger partial charge in [0, 0.05) is 28.9 Å². The van der Waals surface area contributed by atoms with Crippen LogP contribution in [0.1, 0.15) is 38.8 Å². The van der Waals surface area contributed by atoms with Crippen molar-refractivity contribution in [3.8, 4) is 28.8 Å². The standard InChI is InChI=1S/C29H28N4O3/c1-6-36-23-12-13-24(19(4)14-23)27-21(17-32(31-27)22-10-8-7-9-11-22)15-25-20(5)26(16-30)29(35)33(18(2)3)28(25)34/h7-15,17-18H,6H2,1-5H3/b25-15+. The van der Waals surface area contributed by atoms with Gasteiger partial charge in [0.05, 0.1) is 12.3 Å². The highest BCUT2D eigenvalue weighted by Crippen LogP contribution is 2.34. The molecule has 0 spiro atoms. The van der Waals surface area contributed by atoms with Crippen LogP contribution in [0.25, 0.3) is 23.0 Å². The second kappa shape index (κ2) is 10.0. The van der Waals surface area contributed by atoms with Crippen LogP contribution in [0, 0.1) is 18.3 Å². The van der Waals surface area contributed by atoms with Gasteiger partial charge in [0.2, 0.25) is 0 Å². The summed E-state index contributed by atoms with van der Waals surface area (Å²) in [6.45, 7) is 9.64. The van der Waals surface area contributed by atoms with Crippen molar-refractivity contribution in [2.45, 2.75) is 40.7 Å². The number of benzene rings is 2. The van der Waals surface area contributed by atoms with Crippen molar-refractivity contribution in [2.24, 2.45) is 0 Å². The predicted octanol–water partition coefficient (Wildman–Crippen LogP) is 5.25. The van der Waals surface area contributed by atoms with Crippen LogP contribution in [-0.2, 0) is 9.59 Å². The Morgan fingerprint density at radius 2 is 1.81 bits per heavy atom. The summed E-state index contributed by atoms with van der Waals surface area (Å²) in [6, 6.07) is 17.1.